The number of hydrogen-bond donors (Lipinski definition) is 0. The van der Waals surface area contributed by atoms with Crippen LogP contribution in [0, 0.1) is 6.92 Å². The molecule has 0 saturated heterocycles. The van der Waals surface area contributed by atoms with Crippen molar-refractivity contribution in [2.45, 2.75) is 75.7 Å². The standard InChI is InChI=1S/C7H15.C6H11.Li/c1-3-5-7-6-4-2;1-2-4-6-5-3-1;/h1,3-7H2,2H3;1H,2-6H2;. The average Bonchev–Trinajstić information content (AvgIpc) is 2.21. The second-order valence-corrected chi connectivity index (χ2v) is 4.66. The van der Waals surface area contributed by atoms with Crippen LogP contribution >= 0.6 is 0 Å². The van der Waals surface area contributed by atoms with E-state index in [0.29, 0.717) is 0 Å². The van der Waals surface area contributed by atoms with Crippen LogP contribution < -0.4 is 0 Å². The van der Waals surface area contributed by atoms with Crippen LogP contribution in [0.5, 0.6) is 0 Å². The topological polar surface area (TPSA) is 0 Å². The Kier molecular flexibility index (Phi) is 12.2. The summed E-state index contributed by atoms with van der Waals surface area (Å²) in [5.74, 6) is 0. The molecular weight excluding hydrogens is 163 g/mol. The Bertz CT molecular complexity index is 91.4. The summed E-state index contributed by atoms with van der Waals surface area (Å²) < 4.78 is 1.04. The van der Waals surface area contributed by atoms with Crippen LogP contribution in [0.2, 0.25) is 4.59 Å². The van der Waals surface area contributed by atoms with E-state index in [2.05, 4.69) is 31.6 Å². The summed E-state index contributed by atoms with van der Waals surface area (Å²) in [5, 5.41) is 0. The molecule has 1 aliphatic carbocycles. The normalized spacial score (nSPS) is 17.4. The Morgan fingerprint density at radius 2 is 1.71 bits per heavy atom. The van der Waals surface area contributed by atoms with Crippen LogP contribution in [-0.4, -0.2) is 17.7 Å². The third kappa shape index (κ3) is 10.7. The fourth-order valence-electron chi connectivity index (χ4n) is 1.91. The molecule has 0 spiro atoms. The molecule has 0 aromatic heterocycles. The summed E-state index contributed by atoms with van der Waals surface area (Å²) in [6.45, 7) is 5.98. The van der Waals surface area contributed by atoms with E-state index >= 15 is 0 Å². The van der Waals surface area contributed by atoms with Crippen molar-refractivity contribution in [3.8, 4) is 0 Å². The van der Waals surface area contributed by atoms with Gasteiger partial charge in [0.25, 0.3) is 0 Å². The SMILES string of the molecule is [CH2]CCCCCC.[Li][CH]1CCCCC1. The molecule has 1 aliphatic rings. The van der Waals surface area contributed by atoms with Crippen LogP contribution in [0.25, 0.3) is 0 Å². The van der Waals surface area contributed by atoms with Gasteiger partial charge < -0.3 is 0 Å². The molecule has 0 aliphatic heterocycles. The summed E-state index contributed by atoms with van der Waals surface area (Å²) in [6, 6.07) is 0. The fourth-order valence-corrected chi connectivity index (χ4v) is 1.91. The van der Waals surface area contributed by atoms with Crippen LogP contribution in [0.1, 0.15) is 71.1 Å². The van der Waals surface area contributed by atoms with E-state index in [9.17, 15) is 0 Å². The Hall–Kier alpha value is 0.597. The molecule has 0 amide bonds. The monoisotopic (exact) mass is 189 g/mol. The molecule has 1 saturated carbocycles. The van der Waals surface area contributed by atoms with Crippen molar-refractivity contribution < 1.29 is 0 Å². The van der Waals surface area contributed by atoms with Gasteiger partial charge in [0.15, 0.2) is 0 Å². The van der Waals surface area contributed by atoms with Crippen molar-refractivity contribution in [1.82, 2.24) is 0 Å². The van der Waals surface area contributed by atoms with Gasteiger partial charge in [-0.2, -0.15) is 0 Å². The third-order valence-corrected chi connectivity index (χ3v) is 3.00. The first-order chi connectivity index (χ1) is 6.81. The van der Waals surface area contributed by atoms with E-state index in [1.165, 1.54) is 57.8 Å². The first kappa shape index (κ1) is 14.6. The van der Waals surface area contributed by atoms with Crippen LogP contribution in [-0.2, 0) is 0 Å². The number of unbranched alkanes of at least 4 members (excludes halogenated alkanes) is 4. The Balaban J connectivity index is 0.000000241. The van der Waals surface area contributed by atoms with Gasteiger partial charge in [0, 0.05) is 0 Å². The average molecular weight is 189 g/mol. The van der Waals surface area contributed by atoms with Crippen molar-refractivity contribution in [3.05, 3.63) is 6.92 Å². The maximum absolute atomic E-state index is 3.76. The minimum absolute atomic E-state index is 1.04. The molecular formula is C13H26Li. The van der Waals surface area contributed by atoms with Crippen molar-refractivity contribution >= 4 is 17.7 Å². The van der Waals surface area contributed by atoms with Crippen molar-refractivity contribution in [1.29, 1.82) is 0 Å². The molecule has 0 aromatic carbocycles. The van der Waals surface area contributed by atoms with Crippen LogP contribution in [0.3, 0.4) is 0 Å². The van der Waals surface area contributed by atoms with Gasteiger partial charge >= 0.3 is 54.4 Å². The zero-order valence-corrected chi connectivity index (χ0v) is 10.4. The zero-order chi connectivity index (χ0) is 10.6. The molecule has 14 heavy (non-hydrogen) atoms. The van der Waals surface area contributed by atoms with Gasteiger partial charge in [-0.05, 0) is 0 Å². The molecule has 1 fully saturated rings. The second kappa shape index (κ2) is 11.7. The molecule has 0 nitrogen and oxygen atoms in total. The van der Waals surface area contributed by atoms with Gasteiger partial charge in [-0.25, -0.2) is 0 Å². The van der Waals surface area contributed by atoms with Crippen LogP contribution in [0.4, 0.5) is 0 Å². The van der Waals surface area contributed by atoms with Gasteiger partial charge in [-0.3, -0.25) is 0 Å². The van der Waals surface area contributed by atoms with E-state index < -0.39 is 0 Å². The first-order valence-corrected chi connectivity index (χ1v) is 6.60. The summed E-state index contributed by atoms with van der Waals surface area (Å²) in [7, 11) is 0. The molecule has 0 heterocycles. The van der Waals surface area contributed by atoms with Crippen molar-refractivity contribution in [2.24, 2.45) is 0 Å². The first-order valence-electron chi connectivity index (χ1n) is 6.60. The Labute approximate surface area is 100 Å². The molecule has 1 heteroatoms. The fraction of sp³-hybridized carbons (Fsp3) is 0.923. The maximum atomic E-state index is 3.76. The minimum atomic E-state index is 1.04. The molecule has 0 bridgehead atoms. The van der Waals surface area contributed by atoms with Crippen molar-refractivity contribution in [2.75, 3.05) is 0 Å². The summed E-state index contributed by atoms with van der Waals surface area (Å²) in [6.07, 6.45) is 14.0. The van der Waals surface area contributed by atoms with Crippen LogP contribution in [0.15, 0.2) is 0 Å². The predicted octanol–water partition coefficient (Wildman–Crippen LogP) is 4.70. The molecule has 1 rings (SSSR count). The zero-order valence-electron chi connectivity index (χ0n) is 10.4. The van der Waals surface area contributed by atoms with Gasteiger partial charge in [-0.1, -0.05) is 46.0 Å². The second-order valence-electron chi connectivity index (χ2n) is 4.66. The van der Waals surface area contributed by atoms with E-state index in [4.69, 9.17) is 0 Å². The molecule has 0 N–H and O–H groups in total. The molecule has 79 valence electrons. The van der Waals surface area contributed by atoms with E-state index in [1.54, 1.807) is 0 Å². The van der Waals surface area contributed by atoms with E-state index in [-0.39, 0.29) is 0 Å². The Morgan fingerprint density at radius 1 is 1.07 bits per heavy atom. The van der Waals surface area contributed by atoms with Gasteiger partial charge in [0.1, 0.15) is 0 Å². The van der Waals surface area contributed by atoms with Gasteiger partial charge in [0.2, 0.25) is 0 Å². The summed E-state index contributed by atoms with van der Waals surface area (Å²) in [5.41, 5.74) is 0. The molecule has 1 radical (unpaired) electrons. The summed E-state index contributed by atoms with van der Waals surface area (Å²) in [4.78, 5) is 0. The summed E-state index contributed by atoms with van der Waals surface area (Å²) >= 11 is 2.36. The predicted molar refractivity (Wildman–Crippen MR) is 66.7 cm³/mol. The number of rotatable bonds is 4. The van der Waals surface area contributed by atoms with E-state index in [1.807, 2.05) is 0 Å². The number of hydrogen-bond acceptors (Lipinski definition) is 0. The van der Waals surface area contributed by atoms with Gasteiger partial charge in [-0.15, -0.1) is 0 Å². The van der Waals surface area contributed by atoms with E-state index in [0.717, 1.165) is 11.0 Å². The van der Waals surface area contributed by atoms with Gasteiger partial charge in [0.05, 0.1) is 0 Å². The Morgan fingerprint density at radius 3 is 2.07 bits per heavy atom. The molecule has 0 unspecified atom stereocenters. The molecule has 0 atom stereocenters. The quantitative estimate of drug-likeness (QED) is 0.444. The van der Waals surface area contributed by atoms with Crippen molar-refractivity contribution in [3.63, 3.8) is 0 Å². The molecule has 0 aromatic rings. The third-order valence-electron chi connectivity index (χ3n) is 3.00.